The number of aromatic nitrogens is 2. The molecule has 0 aliphatic heterocycles. The van der Waals surface area contributed by atoms with Crippen LogP contribution in [0.15, 0.2) is 41.8 Å². The Labute approximate surface area is 129 Å². The molecule has 0 atom stereocenters. The van der Waals surface area contributed by atoms with Gasteiger partial charge in [0.2, 0.25) is 0 Å². The number of hydrogen-bond donors (Lipinski definition) is 1. The van der Waals surface area contributed by atoms with Gasteiger partial charge >= 0.3 is 0 Å². The van der Waals surface area contributed by atoms with Crippen molar-refractivity contribution in [2.24, 2.45) is 5.73 Å². The van der Waals surface area contributed by atoms with Gasteiger partial charge in [0.25, 0.3) is 10.0 Å². The zero-order valence-electron chi connectivity index (χ0n) is 11.7. The monoisotopic (exact) mass is 324 g/mol. The average molecular weight is 324 g/mol. The molecule has 2 aromatic rings. The largest absolute Gasteiger partial charge is 0.389 e. The Balaban J connectivity index is 2.48. The number of thiocarbonyl (C=S) groups is 1. The summed E-state index contributed by atoms with van der Waals surface area (Å²) < 4.78 is 28.0. The molecule has 6 nitrogen and oxygen atoms in total. The molecule has 0 radical (unpaired) electrons. The van der Waals surface area contributed by atoms with Gasteiger partial charge in [-0.15, -0.1) is 0 Å². The second-order valence-electron chi connectivity index (χ2n) is 4.40. The number of rotatable bonds is 5. The summed E-state index contributed by atoms with van der Waals surface area (Å²) in [7, 11) is -2.30. The molecule has 0 saturated heterocycles. The molecule has 0 aliphatic carbocycles. The fourth-order valence-electron chi connectivity index (χ4n) is 1.87. The van der Waals surface area contributed by atoms with Gasteiger partial charge in [0.1, 0.15) is 4.99 Å². The first-order valence-corrected chi connectivity index (χ1v) is 8.12. The van der Waals surface area contributed by atoms with Crippen molar-refractivity contribution in [2.45, 2.75) is 18.5 Å². The third-order valence-corrected chi connectivity index (χ3v) is 4.99. The van der Waals surface area contributed by atoms with Gasteiger partial charge in [0.15, 0.2) is 5.03 Å². The molecule has 0 amide bonds. The van der Waals surface area contributed by atoms with Gasteiger partial charge in [0, 0.05) is 25.4 Å². The molecule has 0 saturated carbocycles. The summed E-state index contributed by atoms with van der Waals surface area (Å²) in [4.78, 5) is 4.09. The van der Waals surface area contributed by atoms with Gasteiger partial charge in [0.05, 0.1) is 12.0 Å². The molecule has 0 spiro atoms. The van der Waals surface area contributed by atoms with Gasteiger partial charge < -0.3 is 10.3 Å². The molecular weight excluding hydrogens is 308 g/mol. The van der Waals surface area contributed by atoms with Crippen LogP contribution in [0.1, 0.15) is 12.5 Å². The number of aryl methyl sites for hydroxylation is 1. The van der Waals surface area contributed by atoms with Crippen molar-refractivity contribution in [2.75, 3.05) is 11.4 Å². The average Bonchev–Trinajstić information content (AvgIpc) is 2.96. The topological polar surface area (TPSA) is 81.2 Å². The Morgan fingerprint density at radius 1 is 1.43 bits per heavy atom. The fourth-order valence-corrected chi connectivity index (χ4v) is 3.19. The van der Waals surface area contributed by atoms with E-state index in [9.17, 15) is 8.42 Å². The summed E-state index contributed by atoms with van der Waals surface area (Å²) in [5.41, 5.74) is 6.58. The van der Waals surface area contributed by atoms with Crippen molar-refractivity contribution in [3.05, 3.63) is 42.4 Å². The number of para-hydroxylation sites is 1. The molecular formula is C13H16N4O2S2. The highest BCUT2D eigenvalue weighted by molar-refractivity contribution is 7.92. The van der Waals surface area contributed by atoms with E-state index in [2.05, 4.69) is 4.98 Å². The smallest absolute Gasteiger partial charge is 0.283 e. The molecule has 8 heteroatoms. The number of nitrogens with two attached hydrogens (primary N) is 1. The first-order chi connectivity index (χ1) is 9.87. The Hall–Kier alpha value is -1.93. The van der Waals surface area contributed by atoms with Crippen molar-refractivity contribution in [3.63, 3.8) is 0 Å². The van der Waals surface area contributed by atoms with Crippen LogP contribution >= 0.6 is 12.2 Å². The molecule has 0 aliphatic rings. The first kappa shape index (κ1) is 15.5. The number of anilines is 1. The lowest BCUT2D eigenvalue weighted by molar-refractivity contribution is 0.591. The normalized spacial score (nSPS) is 11.3. The summed E-state index contributed by atoms with van der Waals surface area (Å²) in [5, 5.41) is -0.00964. The van der Waals surface area contributed by atoms with Crippen LogP contribution in [0.3, 0.4) is 0 Å². The molecule has 1 aromatic carbocycles. The zero-order chi connectivity index (χ0) is 15.6. The van der Waals surface area contributed by atoms with E-state index in [-0.39, 0.29) is 10.0 Å². The van der Waals surface area contributed by atoms with E-state index in [0.717, 1.165) is 4.31 Å². The fraction of sp³-hybridized carbons (Fsp3) is 0.231. The van der Waals surface area contributed by atoms with E-state index >= 15 is 0 Å². The molecule has 1 heterocycles. The highest BCUT2D eigenvalue weighted by atomic mass is 32.2. The quantitative estimate of drug-likeness (QED) is 0.840. The predicted octanol–water partition coefficient (Wildman–Crippen LogP) is 1.36. The number of imidazole rings is 1. The highest BCUT2D eigenvalue weighted by Gasteiger charge is 2.25. The van der Waals surface area contributed by atoms with E-state index in [0.29, 0.717) is 17.8 Å². The third-order valence-electron chi connectivity index (χ3n) is 3.11. The molecule has 2 N–H and O–H groups in total. The lowest BCUT2D eigenvalue weighted by atomic mass is 10.2. The Bertz CT molecular complexity index is 768. The van der Waals surface area contributed by atoms with Crippen LogP contribution in [0.25, 0.3) is 0 Å². The second kappa shape index (κ2) is 5.82. The first-order valence-electron chi connectivity index (χ1n) is 6.27. The summed E-state index contributed by atoms with van der Waals surface area (Å²) >= 11 is 4.97. The van der Waals surface area contributed by atoms with Crippen LogP contribution in [0, 0.1) is 0 Å². The predicted molar refractivity (Wildman–Crippen MR) is 85.8 cm³/mol. The molecule has 21 heavy (non-hydrogen) atoms. The van der Waals surface area contributed by atoms with Gasteiger partial charge in [-0.25, -0.2) is 4.98 Å². The summed E-state index contributed by atoms with van der Waals surface area (Å²) in [6.45, 7) is 2.56. The van der Waals surface area contributed by atoms with Crippen molar-refractivity contribution in [1.82, 2.24) is 9.55 Å². The number of hydrogen-bond acceptors (Lipinski definition) is 4. The van der Waals surface area contributed by atoms with Crippen molar-refractivity contribution < 1.29 is 8.42 Å². The molecule has 0 bridgehead atoms. The van der Waals surface area contributed by atoms with Gasteiger partial charge in [-0.05, 0) is 19.1 Å². The maximum Gasteiger partial charge on any atom is 0.283 e. The van der Waals surface area contributed by atoms with Crippen LogP contribution in [0.4, 0.5) is 5.69 Å². The van der Waals surface area contributed by atoms with Crippen molar-refractivity contribution in [1.29, 1.82) is 0 Å². The molecule has 112 valence electrons. The van der Waals surface area contributed by atoms with E-state index in [4.69, 9.17) is 18.0 Å². The van der Waals surface area contributed by atoms with Crippen LogP contribution in [0.2, 0.25) is 0 Å². The Morgan fingerprint density at radius 2 is 2.10 bits per heavy atom. The van der Waals surface area contributed by atoms with Crippen LogP contribution < -0.4 is 10.0 Å². The maximum atomic E-state index is 12.6. The van der Waals surface area contributed by atoms with Gasteiger partial charge in [-0.3, -0.25) is 4.31 Å². The molecule has 1 aromatic heterocycles. The van der Waals surface area contributed by atoms with E-state index in [1.807, 2.05) is 6.92 Å². The molecule has 0 fully saturated rings. The van der Waals surface area contributed by atoms with E-state index in [1.54, 1.807) is 28.8 Å². The number of nitrogens with zero attached hydrogens (tertiary/aromatic N) is 3. The minimum atomic E-state index is -3.75. The van der Waals surface area contributed by atoms with Crippen LogP contribution in [-0.2, 0) is 16.6 Å². The number of sulfonamides is 1. The van der Waals surface area contributed by atoms with Crippen molar-refractivity contribution >= 4 is 32.9 Å². The van der Waals surface area contributed by atoms with Gasteiger partial charge in [-0.2, -0.15) is 8.42 Å². The van der Waals surface area contributed by atoms with Gasteiger partial charge in [-0.1, -0.05) is 24.4 Å². The SMILES string of the molecule is CCn1cnc(S(=O)(=O)N(C)c2ccccc2C(N)=S)c1. The van der Waals surface area contributed by atoms with E-state index < -0.39 is 10.0 Å². The zero-order valence-corrected chi connectivity index (χ0v) is 13.4. The summed E-state index contributed by atoms with van der Waals surface area (Å²) in [6.07, 6.45) is 2.98. The minimum absolute atomic E-state index is 0.00964. The summed E-state index contributed by atoms with van der Waals surface area (Å²) in [5.74, 6) is 0. The molecule has 0 unspecified atom stereocenters. The Kier molecular flexibility index (Phi) is 4.29. The van der Waals surface area contributed by atoms with Crippen LogP contribution in [-0.4, -0.2) is 30.0 Å². The second-order valence-corrected chi connectivity index (χ2v) is 6.75. The van der Waals surface area contributed by atoms with E-state index in [1.165, 1.54) is 19.6 Å². The number of benzene rings is 1. The highest BCUT2D eigenvalue weighted by Crippen LogP contribution is 2.24. The van der Waals surface area contributed by atoms with Crippen molar-refractivity contribution in [3.8, 4) is 0 Å². The minimum Gasteiger partial charge on any atom is -0.389 e. The molecule has 2 rings (SSSR count). The lowest BCUT2D eigenvalue weighted by Crippen LogP contribution is -2.29. The van der Waals surface area contributed by atoms with Crippen LogP contribution in [0.5, 0.6) is 0 Å². The summed E-state index contributed by atoms with van der Waals surface area (Å²) in [6, 6.07) is 6.83. The lowest BCUT2D eigenvalue weighted by Gasteiger charge is -2.20. The third kappa shape index (κ3) is 2.91. The Morgan fingerprint density at radius 3 is 2.67 bits per heavy atom. The maximum absolute atomic E-state index is 12.6. The standard InChI is InChI=1S/C13H16N4O2S2/c1-3-17-8-12(15-9-17)21(18,19)16(2)11-7-5-4-6-10(11)13(14)20/h4-9H,3H2,1-2H3,(H2,14,20).